The number of aryl methyl sites for hydroxylation is 1. The average molecular weight is 392 g/mol. The fourth-order valence-corrected chi connectivity index (χ4v) is 4.37. The Bertz CT molecular complexity index is 983. The van der Waals surface area contributed by atoms with E-state index in [4.69, 9.17) is 4.42 Å². The SMILES string of the molecule is Cc1ccccc1NC(=O)c1ccc(C2SCC(=O)N2Cc2ccco2)cc1. The molecule has 1 aliphatic heterocycles. The highest BCUT2D eigenvalue weighted by atomic mass is 32.2. The first-order chi connectivity index (χ1) is 13.6. The van der Waals surface area contributed by atoms with Crippen LogP contribution < -0.4 is 5.32 Å². The van der Waals surface area contributed by atoms with Gasteiger partial charge in [-0.1, -0.05) is 30.3 Å². The topological polar surface area (TPSA) is 62.6 Å². The van der Waals surface area contributed by atoms with E-state index in [0.29, 0.717) is 17.9 Å². The molecule has 0 aliphatic carbocycles. The smallest absolute Gasteiger partial charge is 0.255 e. The van der Waals surface area contributed by atoms with Gasteiger partial charge in [0.1, 0.15) is 11.1 Å². The van der Waals surface area contributed by atoms with Crippen LogP contribution in [0.5, 0.6) is 0 Å². The summed E-state index contributed by atoms with van der Waals surface area (Å²) in [6.45, 7) is 2.40. The van der Waals surface area contributed by atoms with Crippen molar-refractivity contribution >= 4 is 29.3 Å². The third-order valence-electron chi connectivity index (χ3n) is 4.73. The van der Waals surface area contributed by atoms with E-state index in [1.165, 1.54) is 0 Å². The molecule has 1 fully saturated rings. The summed E-state index contributed by atoms with van der Waals surface area (Å²) in [6, 6.07) is 18.8. The van der Waals surface area contributed by atoms with Gasteiger partial charge < -0.3 is 14.6 Å². The number of benzene rings is 2. The van der Waals surface area contributed by atoms with Gasteiger partial charge in [-0.05, 0) is 48.4 Å². The predicted molar refractivity (Wildman–Crippen MR) is 110 cm³/mol. The number of hydrogen-bond donors (Lipinski definition) is 1. The molecule has 3 aromatic rings. The molecule has 0 bridgehead atoms. The van der Waals surface area contributed by atoms with E-state index in [9.17, 15) is 9.59 Å². The molecule has 2 heterocycles. The van der Waals surface area contributed by atoms with Gasteiger partial charge in [0.05, 0.1) is 18.6 Å². The van der Waals surface area contributed by atoms with Gasteiger partial charge in [-0.3, -0.25) is 9.59 Å². The third-order valence-corrected chi connectivity index (χ3v) is 5.98. The number of thioether (sulfide) groups is 1. The minimum absolute atomic E-state index is 0.0777. The zero-order valence-electron chi connectivity index (χ0n) is 15.4. The monoisotopic (exact) mass is 392 g/mol. The van der Waals surface area contributed by atoms with Crippen LogP contribution in [0, 0.1) is 6.92 Å². The molecule has 1 N–H and O–H groups in total. The van der Waals surface area contributed by atoms with Gasteiger partial charge in [0.15, 0.2) is 0 Å². The molecule has 6 heteroatoms. The lowest BCUT2D eigenvalue weighted by molar-refractivity contribution is -0.128. The normalized spacial score (nSPS) is 16.4. The summed E-state index contributed by atoms with van der Waals surface area (Å²) in [6.07, 6.45) is 1.61. The summed E-state index contributed by atoms with van der Waals surface area (Å²) < 4.78 is 5.39. The molecule has 1 aromatic heterocycles. The van der Waals surface area contributed by atoms with Crippen LogP contribution in [0.15, 0.2) is 71.3 Å². The van der Waals surface area contributed by atoms with E-state index in [-0.39, 0.29) is 17.2 Å². The number of carbonyl (C=O) groups excluding carboxylic acids is 2. The second kappa shape index (κ2) is 7.94. The lowest BCUT2D eigenvalue weighted by atomic mass is 10.1. The Morgan fingerprint density at radius 2 is 1.93 bits per heavy atom. The highest BCUT2D eigenvalue weighted by Crippen LogP contribution is 2.39. The Morgan fingerprint density at radius 3 is 2.64 bits per heavy atom. The van der Waals surface area contributed by atoms with Crippen molar-refractivity contribution in [3.8, 4) is 0 Å². The zero-order valence-corrected chi connectivity index (χ0v) is 16.2. The van der Waals surface area contributed by atoms with Crippen LogP contribution in [0.4, 0.5) is 5.69 Å². The molecule has 142 valence electrons. The Kier molecular flexibility index (Phi) is 5.21. The maximum absolute atomic E-state index is 12.5. The maximum atomic E-state index is 12.5. The largest absolute Gasteiger partial charge is 0.467 e. The van der Waals surface area contributed by atoms with Gasteiger partial charge in [0.2, 0.25) is 5.91 Å². The van der Waals surface area contributed by atoms with E-state index in [1.807, 2.05) is 60.4 Å². The first-order valence-corrected chi connectivity index (χ1v) is 10.1. The summed E-state index contributed by atoms with van der Waals surface area (Å²) in [5.41, 5.74) is 3.40. The number of nitrogens with one attached hydrogen (secondary N) is 1. The fourth-order valence-electron chi connectivity index (χ4n) is 3.18. The number of amides is 2. The first kappa shape index (κ1) is 18.4. The van der Waals surface area contributed by atoms with Crippen LogP contribution in [0.3, 0.4) is 0 Å². The summed E-state index contributed by atoms with van der Waals surface area (Å²) in [5.74, 6) is 1.15. The quantitative estimate of drug-likeness (QED) is 0.688. The highest BCUT2D eigenvalue weighted by Gasteiger charge is 2.33. The number of furan rings is 1. The Labute approximate surface area is 167 Å². The first-order valence-electron chi connectivity index (χ1n) is 9.02. The highest BCUT2D eigenvalue weighted by molar-refractivity contribution is 8.00. The summed E-state index contributed by atoms with van der Waals surface area (Å²) >= 11 is 1.59. The molecule has 1 unspecified atom stereocenters. The van der Waals surface area contributed by atoms with Crippen LogP contribution in [0.2, 0.25) is 0 Å². The van der Waals surface area contributed by atoms with Gasteiger partial charge in [-0.25, -0.2) is 0 Å². The van der Waals surface area contributed by atoms with Crippen molar-refractivity contribution < 1.29 is 14.0 Å². The van der Waals surface area contributed by atoms with E-state index < -0.39 is 0 Å². The molecule has 0 spiro atoms. The lowest BCUT2D eigenvalue weighted by Crippen LogP contribution is -2.27. The standard InChI is InChI=1S/C22H20N2O3S/c1-15-5-2-3-7-19(15)23-21(26)16-8-10-17(11-9-16)22-24(20(25)14-28-22)13-18-6-4-12-27-18/h2-12,22H,13-14H2,1H3,(H,23,26). The molecule has 2 aromatic carbocycles. The number of anilines is 1. The average Bonchev–Trinajstić information content (AvgIpc) is 3.35. The Hall–Kier alpha value is -2.99. The fraction of sp³-hybridized carbons (Fsp3) is 0.182. The van der Waals surface area contributed by atoms with Crippen LogP contribution >= 0.6 is 11.8 Å². The van der Waals surface area contributed by atoms with Crippen molar-refractivity contribution in [2.24, 2.45) is 0 Å². The van der Waals surface area contributed by atoms with E-state index in [2.05, 4.69) is 5.32 Å². The van der Waals surface area contributed by atoms with Gasteiger partial charge in [-0.15, -0.1) is 11.8 Å². The molecule has 1 aliphatic rings. The molecule has 1 saturated heterocycles. The van der Waals surface area contributed by atoms with Crippen molar-refractivity contribution in [2.45, 2.75) is 18.8 Å². The van der Waals surface area contributed by atoms with Gasteiger partial charge in [-0.2, -0.15) is 0 Å². The maximum Gasteiger partial charge on any atom is 0.255 e. The van der Waals surface area contributed by atoms with Crippen molar-refractivity contribution in [3.63, 3.8) is 0 Å². The van der Waals surface area contributed by atoms with Crippen molar-refractivity contribution in [3.05, 3.63) is 89.4 Å². The van der Waals surface area contributed by atoms with Crippen LogP contribution in [-0.4, -0.2) is 22.5 Å². The summed E-state index contributed by atoms with van der Waals surface area (Å²) in [5, 5.41) is 2.86. The molecule has 4 rings (SSSR count). The van der Waals surface area contributed by atoms with Crippen molar-refractivity contribution in [2.75, 3.05) is 11.1 Å². The molecule has 0 saturated carbocycles. The molecular weight excluding hydrogens is 372 g/mol. The second-order valence-electron chi connectivity index (χ2n) is 6.66. The zero-order chi connectivity index (χ0) is 19.5. The number of rotatable bonds is 5. The summed E-state index contributed by atoms with van der Waals surface area (Å²) in [7, 11) is 0. The number of nitrogens with zero attached hydrogens (tertiary/aromatic N) is 1. The number of hydrogen-bond acceptors (Lipinski definition) is 4. The molecule has 1 atom stereocenters. The minimum Gasteiger partial charge on any atom is -0.467 e. The lowest BCUT2D eigenvalue weighted by Gasteiger charge is -2.23. The number of para-hydroxylation sites is 1. The number of carbonyl (C=O) groups is 2. The van der Waals surface area contributed by atoms with Crippen LogP contribution in [0.1, 0.15) is 32.6 Å². The molecule has 0 radical (unpaired) electrons. The van der Waals surface area contributed by atoms with Crippen LogP contribution in [-0.2, 0) is 11.3 Å². The van der Waals surface area contributed by atoms with Gasteiger partial charge >= 0.3 is 0 Å². The minimum atomic E-state index is -0.150. The molecule has 2 amide bonds. The Morgan fingerprint density at radius 1 is 1.14 bits per heavy atom. The second-order valence-corrected chi connectivity index (χ2v) is 7.72. The van der Waals surface area contributed by atoms with Crippen LogP contribution in [0.25, 0.3) is 0 Å². The van der Waals surface area contributed by atoms with Gasteiger partial charge in [0.25, 0.3) is 5.91 Å². The Balaban J connectivity index is 1.48. The predicted octanol–water partition coefficient (Wildman–Crippen LogP) is 4.61. The molecular formula is C22H20N2O3S. The third kappa shape index (κ3) is 3.82. The van der Waals surface area contributed by atoms with E-state index in [0.717, 1.165) is 22.6 Å². The molecule has 5 nitrogen and oxygen atoms in total. The van der Waals surface area contributed by atoms with Crippen molar-refractivity contribution in [1.29, 1.82) is 0 Å². The molecule has 28 heavy (non-hydrogen) atoms. The van der Waals surface area contributed by atoms with E-state index in [1.54, 1.807) is 30.2 Å². The van der Waals surface area contributed by atoms with Crippen molar-refractivity contribution in [1.82, 2.24) is 4.90 Å². The van der Waals surface area contributed by atoms with Gasteiger partial charge in [0, 0.05) is 11.3 Å². The summed E-state index contributed by atoms with van der Waals surface area (Å²) in [4.78, 5) is 26.6. The van der Waals surface area contributed by atoms with E-state index >= 15 is 0 Å².